The monoisotopic (exact) mass is 458 g/mol. The lowest BCUT2D eigenvalue weighted by atomic mass is 9.98. The van der Waals surface area contributed by atoms with Crippen LogP contribution in [0.3, 0.4) is 0 Å². The van der Waals surface area contributed by atoms with Gasteiger partial charge in [0.2, 0.25) is 0 Å². The summed E-state index contributed by atoms with van der Waals surface area (Å²) in [6.07, 6.45) is 3.62. The lowest BCUT2D eigenvalue weighted by molar-refractivity contribution is -0.202. The van der Waals surface area contributed by atoms with Gasteiger partial charge in [0.15, 0.2) is 6.29 Å². The van der Waals surface area contributed by atoms with E-state index in [0.29, 0.717) is 29.7 Å². The molecule has 0 atom stereocenters. The quantitative estimate of drug-likeness (QED) is 0.357. The van der Waals surface area contributed by atoms with Gasteiger partial charge in [0.1, 0.15) is 11.6 Å². The molecular weight excluding hydrogens is 429 g/mol. The Morgan fingerprint density at radius 2 is 1.64 bits per heavy atom. The van der Waals surface area contributed by atoms with Crippen molar-refractivity contribution in [2.24, 2.45) is 5.92 Å². The predicted molar refractivity (Wildman–Crippen MR) is 122 cm³/mol. The number of aryl methyl sites for hydroxylation is 3. The molecule has 3 aromatic rings. The van der Waals surface area contributed by atoms with Crippen LogP contribution in [-0.4, -0.2) is 26.1 Å². The van der Waals surface area contributed by atoms with E-state index in [4.69, 9.17) is 9.47 Å². The Hall–Kier alpha value is -2.57. The Morgan fingerprint density at radius 1 is 0.909 bits per heavy atom. The van der Waals surface area contributed by atoms with Gasteiger partial charge in [-0.05, 0) is 59.9 Å². The minimum atomic E-state index is -2.84. The molecule has 3 nitrogen and oxygen atoms in total. The Labute approximate surface area is 192 Å². The van der Waals surface area contributed by atoms with Gasteiger partial charge in [-0.3, -0.25) is 0 Å². The molecule has 0 spiro atoms. The molecule has 1 saturated heterocycles. The predicted octanol–water partition coefficient (Wildman–Crippen LogP) is 6.70. The first-order valence-electron chi connectivity index (χ1n) is 11.5. The van der Waals surface area contributed by atoms with E-state index in [1.54, 1.807) is 12.1 Å². The molecular formula is C27H29F3O3. The molecule has 1 aliphatic heterocycles. The third-order valence-electron chi connectivity index (χ3n) is 6.21. The maximum atomic E-state index is 15.1. The van der Waals surface area contributed by atoms with Gasteiger partial charge in [0, 0.05) is 17.7 Å². The van der Waals surface area contributed by atoms with Crippen molar-refractivity contribution in [3.63, 3.8) is 0 Å². The molecule has 3 aromatic carbocycles. The highest BCUT2D eigenvalue weighted by Gasteiger charge is 2.20. The van der Waals surface area contributed by atoms with Crippen molar-refractivity contribution >= 4 is 10.8 Å². The smallest absolute Gasteiger partial charge is 0.387 e. The molecule has 0 bridgehead atoms. The van der Waals surface area contributed by atoms with E-state index in [1.165, 1.54) is 12.1 Å². The van der Waals surface area contributed by atoms with E-state index in [9.17, 15) is 8.78 Å². The summed E-state index contributed by atoms with van der Waals surface area (Å²) < 4.78 is 55.6. The lowest BCUT2D eigenvalue weighted by Gasteiger charge is -2.28. The highest BCUT2D eigenvalue weighted by atomic mass is 19.3. The molecule has 0 aromatic heterocycles. The molecule has 0 aliphatic carbocycles. The van der Waals surface area contributed by atoms with Crippen LogP contribution in [-0.2, 0) is 28.7 Å². The Kier molecular flexibility index (Phi) is 7.89. The second-order valence-electron chi connectivity index (χ2n) is 8.53. The highest BCUT2D eigenvalue weighted by Crippen LogP contribution is 2.25. The zero-order chi connectivity index (χ0) is 23.2. The van der Waals surface area contributed by atoms with Crippen molar-refractivity contribution in [1.82, 2.24) is 0 Å². The highest BCUT2D eigenvalue weighted by molar-refractivity contribution is 5.84. The molecule has 176 valence electrons. The minimum Gasteiger partial charge on any atom is -0.435 e. The molecule has 0 amide bonds. The average Bonchev–Trinajstić information content (AvgIpc) is 2.83. The van der Waals surface area contributed by atoms with Crippen LogP contribution in [0, 0.1) is 11.7 Å². The first-order valence-corrected chi connectivity index (χ1v) is 11.5. The number of fused-ring (bicyclic) bond motifs is 1. The maximum Gasteiger partial charge on any atom is 0.387 e. The van der Waals surface area contributed by atoms with Gasteiger partial charge >= 0.3 is 6.61 Å². The molecule has 0 N–H and O–H groups in total. The summed E-state index contributed by atoms with van der Waals surface area (Å²) in [6.45, 7) is 0.801. The van der Waals surface area contributed by atoms with E-state index >= 15 is 4.39 Å². The fraction of sp³-hybridized carbons (Fsp3) is 0.407. The number of halogens is 3. The molecule has 33 heavy (non-hydrogen) atoms. The fourth-order valence-electron chi connectivity index (χ4n) is 4.12. The summed E-state index contributed by atoms with van der Waals surface area (Å²) in [5.74, 6) is 0.396. The molecule has 1 aliphatic rings. The molecule has 0 radical (unpaired) electrons. The molecule has 4 rings (SSSR count). The Morgan fingerprint density at radius 3 is 2.33 bits per heavy atom. The molecule has 6 heteroatoms. The fourth-order valence-corrected chi connectivity index (χ4v) is 4.12. The normalized spacial score (nSPS) is 18.7. The van der Waals surface area contributed by atoms with Crippen LogP contribution in [0.25, 0.3) is 10.8 Å². The third-order valence-corrected chi connectivity index (χ3v) is 6.21. The van der Waals surface area contributed by atoms with Crippen molar-refractivity contribution in [3.05, 3.63) is 77.1 Å². The lowest BCUT2D eigenvalue weighted by Crippen LogP contribution is -2.32. The zero-order valence-electron chi connectivity index (χ0n) is 18.7. The molecule has 0 unspecified atom stereocenters. The van der Waals surface area contributed by atoms with Gasteiger partial charge in [-0.25, -0.2) is 4.39 Å². The number of rotatable bonds is 9. The molecule has 1 fully saturated rings. The van der Waals surface area contributed by atoms with Crippen molar-refractivity contribution in [3.8, 4) is 5.75 Å². The van der Waals surface area contributed by atoms with Gasteiger partial charge in [-0.1, -0.05) is 49.4 Å². The Balaban J connectivity index is 1.35. The summed E-state index contributed by atoms with van der Waals surface area (Å²) in [4.78, 5) is 0. The van der Waals surface area contributed by atoms with Crippen LogP contribution in [0.15, 0.2) is 54.6 Å². The maximum absolute atomic E-state index is 15.1. The van der Waals surface area contributed by atoms with Gasteiger partial charge in [-0.2, -0.15) is 8.78 Å². The third kappa shape index (κ3) is 6.27. The van der Waals surface area contributed by atoms with E-state index in [-0.39, 0.29) is 17.9 Å². The minimum absolute atomic E-state index is 0.119. The van der Waals surface area contributed by atoms with E-state index in [0.717, 1.165) is 49.0 Å². The van der Waals surface area contributed by atoms with Crippen molar-refractivity contribution in [2.45, 2.75) is 51.9 Å². The first-order chi connectivity index (χ1) is 16.0. The Bertz CT molecular complexity index is 1040. The summed E-state index contributed by atoms with van der Waals surface area (Å²) in [7, 11) is 0. The SMILES string of the molecule is CCC1COC(CCc2ccc3c(F)c(CCc4ccc(OC(F)F)cc4)ccc3c2)OC1. The first kappa shape index (κ1) is 23.6. The van der Waals surface area contributed by atoms with Gasteiger partial charge in [-0.15, -0.1) is 0 Å². The summed E-state index contributed by atoms with van der Waals surface area (Å²) in [6, 6.07) is 16.1. The summed E-state index contributed by atoms with van der Waals surface area (Å²) >= 11 is 0. The number of benzene rings is 3. The van der Waals surface area contributed by atoms with Gasteiger partial charge in [0.05, 0.1) is 13.2 Å². The van der Waals surface area contributed by atoms with E-state index in [1.807, 2.05) is 30.3 Å². The molecule has 0 saturated carbocycles. The van der Waals surface area contributed by atoms with Crippen LogP contribution >= 0.6 is 0 Å². The standard InChI is InChI=1S/C27H29F3O3/c1-2-18-16-31-25(32-17-18)14-7-20-6-13-24-22(15-20)10-9-21(26(24)28)8-3-19-4-11-23(12-5-19)33-27(29)30/h4-6,9-13,15,18,25,27H,2-3,7-8,14,16-17H2,1H3. The van der Waals surface area contributed by atoms with Crippen LogP contribution in [0.1, 0.15) is 36.5 Å². The van der Waals surface area contributed by atoms with Crippen molar-refractivity contribution in [1.29, 1.82) is 0 Å². The number of ether oxygens (including phenoxy) is 3. The summed E-state index contributed by atoms with van der Waals surface area (Å²) in [5, 5.41) is 1.48. The average molecular weight is 459 g/mol. The largest absolute Gasteiger partial charge is 0.435 e. The van der Waals surface area contributed by atoms with Crippen LogP contribution < -0.4 is 4.74 Å². The zero-order valence-corrected chi connectivity index (χ0v) is 18.7. The van der Waals surface area contributed by atoms with E-state index < -0.39 is 6.61 Å². The van der Waals surface area contributed by atoms with Crippen LogP contribution in [0.4, 0.5) is 13.2 Å². The number of hydrogen-bond donors (Lipinski definition) is 0. The molecule has 1 heterocycles. The summed E-state index contributed by atoms with van der Waals surface area (Å²) in [5.41, 5.74) is 2.70. The van der Waals surface area contributed by atoms with Crippen molar-refractivity contribution in [2.75, 3.05) is 13.2 Å². The van der Waals surface area contributed by atoms with Crippen LogP contribution in [0.2, 0.25) is 0 Å². The van der Waals surface area contributed by atoms with Crippen molar-refractivity contribution < 1.29 is 27.4 Å². The van der Waals surface area contributed by atoms with Gasteiger partial charge < -0.3 is 14.2 Å². The second-order valence-corrected chi connectivity index (χ2v) is 8.53. The van der Waals surface area contributed by atoms with E-state index in [2.05, 4.69) is 11.7 Å². The number of hydrogen-bond acceptors (Lipinski definition) is 3. The number of alkyl halides is 2. The van der Waals surface area contributed by atoms with Gasteiger partial charge in [0.25, 0.3) is 0 Å². The second kappa shape index (κ2) is 11.0. The topological polar surface area (TPSA) is 27.7 Å². The van der Waals surface area contributed by atoms with Crippen LogP contribution in [0.5, 0.6) is 5.75 Å².